The molecule has 33 heavy (non-hydrogen) atoms. The Morgan fingerprint density at radius 2 is 1.91 bits per heavy atom. The lowest BCUT2D eigenvalue weighted by molar-refractivity contribution is 0.354. The molecule has 3 N–H and O–H groups in total. The van der Waals surface area contributed by atoms with Crippen molar-refractivity contribution in [3.05, 3.63) is 33.2 Å². The summed E-state index contributed by atoms with van der Waals surface area (Å²) in [4.78, 5) is 32.1. The average molecular weight is 477 g/mol. The molecule has 2 fully saturated rings. The van der Waals surface area contributed by atoms with Gasteiger partial charge in [-0.25, -0.2) is 9.79 Å². The van der Waals surface area contributed by atoms with E-state index in [9.17, 15) is 18.3 Å². The predicted molar refractivity (Wildman–Crippen MR) is 118 cm³/mol. The number of H-pyrrole nitrogens is 2. The minimum Gasteiger partial charge on any atom is -0.493 e. The van der Waals surface area contributed by atoms with Crippen molar-refractivity contribution in [2.24, 2.45) is 4.99 Å². The quantitative estimate of drug-likeness (QED) is 0.360. The summed E-state index contributed by atoms with van der Waals surface area (Å²) in [5, 5.41) is 14.8. The number of hydrogen-bond acceptors (Lipinski definition) is 9. The lowest BCUT2D eigenvalue weighted by Gasteiger charge is -2.35. The second kappa shape index (κ2) is 7.93. The van der Waals surface area contributed by atoms with Crippen molar-refractivity contribution in [2.45, 2.75) is 18.9 Å². The van der Waals surface area contributed by atoms with Crippen LogP contribution in [0.3, 0.4) is 0 Å². The van der Waals surface area contributed by atoms with E-state index in [0.717, 1.165) is 12.8 Å². The van der Waals surface area contributed by atoms with E-state index < -0.39 is 15.9 Å². The van der Waals surface area contributed by atoms with E-state index in [0.29, 0.717) is 48.6 Å². The van der Waals surface area contributed by atoms with Gasteiger partial charge in [0.1, 0.15) is 5.69 Å². The van der Waals surface area contributed by atoms with Crippen LogP contribution in [-0.4, -0.2) is 98.0 Å². The van der Waals surface area contributed by atoms with Gasteiger partial charge in [0, 0.05) is 45.5 Å². The summed E-state index contributed by atoms with van der Waals surface area (Å²) in [7, 11) is -0.462. The summed E-state index contributed by atoms with van der Waals surface area (Å²) in [6, 6.07) is 0.194. The Balaban J connectivity index is 1.55. The summed E-state index contributed by atoms with van der Waals surface area (Å²) in [6.45, 7) is 1.46. The van der Waals surface area contributed by atoms with E-state index in [1.165, 1.54) is 27.2 Å². The van der Waals surface area contributed by atoms with E-state index in [2.05, 4.69) is 30.0 Å². The van der Waals surface area contributed by atoms with Crippen molar-refractivity contribution < 1.29 is 13.5 Å². The molecular formula is C18H24N10O4S. The van der Waals surface area contributed by atoms with Crippen LogP contribution in [0.25, 0.3) is 11.7 Å². The normalized spacial score (nSPS) is 19.3. The maximum atomic E-state index is 12.4. The first kappa shape index (κ1) is 21.5. The van der Waals surface area contributed by atoms with Crippen LogP contribution in [0, 0.1) is 0 Å². The van der Waals surface area contributed by atoms with E-state index in [1.54, 1.807) is 12.3 Å². The third-order valence-corrected chi connectivity index (χ3v) is 7.50. The molecule has 3 aromatic rings. The fraction of sp³-hybridized carbons (Fsp3) is 0.500. The largest absolute Gasteiger partial charge is 0.493 e. The highest BCUT2D eigenvalue weighted by Gasteiger charge is 2.30. The zero-order chi connectivity index (χ0) is 23.3. The summed E-state index contributed by atoms with van der Waals surface area (Å²) in [6.07, 6.45) is 5.10. The molecule has 0 bridgehead atoms. The van der Waals surface area contributed by atoms with Crippen LogP contribution in [0.2, 0.25) is 0 Å². The molecule has 2 aliphatic rings. The standard InChI is InChI=1S/C18H24N10O4S/c1-25(2)33(31,32)27-7-5-26(6-8-27)16-22-14-11(9-13-15(29)23-18(30)21-13)10-19-28(14)17(24-16)20-12-3-4-12/h9-10,12,29H,3-8H2,1-2H3,(H2,21,23,30). The third-order valence-electron chi connectivity index (χ3n) is 5.56. The molecule has 0 atom stereocenters. The summed E-state index contributed by atoms with van der Waals surface area (Å²) < 4.78 is 29.0. The van der Waals surface area contributed by atoms with Gasteiger partial charge in [0.15, 0.2) is 5.65 Å². The minimum absolute atomic E-state index is 0.194. The second-order valence-electron chi connectivity index (χ2n) is 8.18. The molecule has 176 valence electrons. The van der Waals surface area contributed by atoms with Crippen molar-refractivity contribution in [1.29, 1.82) is 0 Å². The van der Waals surface area contributed by atoms with E-state index in [4.69, 9.17) is 0 Å². The van der Waals surface area contributed by atoms with Gasteiger partial charge in [-0.1, -0.05) is 0 Å². The summed E-state index contributed by atoms with van der Waals surface area (Å²) >= 11 is 0. The molecule has 5 rings (SSSR count). The molecule has 1 aliphatic carbocycles. The average Bonchev–Trinajstić information content (AvgIpc) is 3.41. The molecule has 3 aromatic heterocycles. The SMILES string of the molecule is CN(C)S(=O)(=O)N1CCN(c2nc(=NC3CC3)n3ncc(=Cc4[nH]c(=O)[nH]c4O)c3n2)CC1. The molecule has 4 heterocycles. The van der Waals surface area contributed by atoms with Gasteiger partial charge in [-0.3, -0.25) is 4.98 Å². The van der Waals surface area contributed by atoms with Gasteiger partial charge in [0.05, 0.1) is 12.2 Å². The van der Waals surface area contributed by atoms with Crippen LogP contribution >= 0.6 is 0 Å². The van der Waals surface area contributed by atoms with Crippen LogP contribution in [0.5, 0.6) is 5.88 Å². The number of anilines is 1. The van der Waals surface area contributed by atoms with Gasteiger partial charge in [0.25, 0.3) is 15.8 Å². The maximum absolute atomic E-state index is 12.4. The van der Waals surface area contributed by atoms with Crippen molar-refractivity contribution in [1.82, 2.24) is 38.2 Å². The second-order valence-corrected chi connectivity index (χ2v) is 10.3. The number of aromatic nitrogens is 6. The number of nitrogens with one attached hydrogen (secondary N) is 2. The molecule has 0 unspecified atom stereocenters. The number of imidazole rings is 1. The summed E-state index contributed by atoms with van der Waals surface area (Å²) in [5.74, 6) is 0.139. The lowest BCUT2D eigenvalue weighted by atomic mass is 10.3. The first-order chi connectivity index (χ1) is 15.7. The van der Waals surface area contributed by atoms with Crippen LogP contribution in [0.1, 0.15) is 18.5 Å². The maximum Gasteiger partial charge on any atom is 0.326 e. The number of aromatic amines is 2. The zero-order valence-electron chi connectivity index (χ0n) is 18.1. The summed E-state index contributed by atoms with van der Waals surface area (Å²) in [5.41, 5.74) is 0.551. The fourth-order valence-corrected chi connectivity index (χ4v) is 4.65. The van der Waals surface area contributed by atoms with Gasteiger partial charge in [-0.15, -0.1) is 0 Å². The van der Waals surface area contributed by atoms with Gasteiger partial charge >= 0.3 is 5.69 Å². The number of piperazine rings is 1. The fourth-order valence-electron chi connectivity index (χ4n) is 3.56. The highest BCUT2D eigenvalue weighted by molar-refractivity contribution is 7.86. The Bertz CT molecular complexity index is 1480. The van der Waals surface area contributed by atoms with E-state index >= 15 is 0 Å². The van der Waals surface area contributed by atoms with Crippen molar-refractivity contribution >= 4 is 27.9 Å². The van der Waals surface area contributed by atoms with Gasteiger partial charge in [0.2, 0.25) is 11.8 Å². The molecule has 15 heteroatoms. The Morgan fingerprint density at radius 1 is 1.18 bits per heavy atom. The molecule has 1 saturated carbocycles. The van der Waals surface area contributed by atoms with Gasteiger partial charge < -0.3 is 15.0 Å². The molecule has 1 aliphatic heterocycles. The van der Waals surface area contributed by atoms with Crippen LogP contribution in [0.15, 0.2) is 16.0 Å². The smallest absolute Gasteiger partial charge is 0.326 e. The third kappa shape index (κ3) is 4.09. The van der Waals surface area contributed by atoms with E-state index in [-0.39, 0.29) is 17.6 Å². The molecule has 0 radical (unpaired) electrons. The lowest BCUT2D eigenvalue weighted by Crippen LogP contribution is -2.52. The predicted octanol–water partition coefficient (Wildman–Crippen LogP) is -2.61. The number of hydrogen-bond donors (Lipinski definition) is 3. The van der Waals surface area contributed by atoms with E-state index in [1.807, 2.05) is 4.90 Å². The number of aromatic hydroxyl groups is 1. The van der Waals surface area contributed by atoms with Crippen molar-refractivity contribution in [2.75, 3.05) is 45.2 Å². The van der Waals surface area contributed by atoms with Crippen LogP contribution < -0.4 is 21.4 Å². The zero-order valence-corrected chi connectivity index (χ0v) is 18.9. The highest BCUT2D eigenvalue weighted by atomic mass is 32.2. The van der Waals surface area contributed by atoms with Crippen LogP contribution in [-0.2, 0) is 10.2 Å². The molecule has 1 saturated heterocycles. The molecule has 0 amide bonds. The molecule has 0 aromatic carbocycles. The van der Waals surface area contributed by atoms with Crippen molar-refractivity contribution in [3.8, 4) is 5.88 Å². The Labute approximate surface area is 188 Å². The Kier molecular flexibility index (Phi) is 5.18. The number of rotatable bonds is 5. The minimum atomic E-state index is -3.48. The van der Waals surface area contributed by atoms with Crippen molar-refractivity contribution in [3.63, 3.8) is 0 Å². The first-order valence-corrected chi connectivity index (χ1v) is 11.9. The topological polar surface area (TPSA) is 168 Å². The highest BCUT2D eigenvalue weighted by Crippen LogP contribution is 2.22. The molecule has 14 nitrogen and oxygen atoms in total. The van der Waals surface area contributed by atoms with Gasteiger partial charge in [-0.05, 0) is 18.9 Å². The Morgan fingerprint density at radius 3 is 2.52 bits per heavy atom. The Hall–Kier alpha value is -3.30. The molecular weight excluding hydrogens is 452 g/mol. The van der Waals surface area contributed by atoms with Crippen LogP contribution in [0.4, 0.5) is 5.95 Å². The first-order valence-electron chi connectivity index (χ1n) is 10.5. The number of nitrogens with zero attached hydrogens (tertiary/aromatic N) is 8. The van der Waals surface area contributed by atoms with Gasteiger partial charge in [-0.2, -0.15) is 36.6 Å². The monoisotopic (exact) mass is 476 g/mol. The number of fused-ring (bicyclic) bond motifs is 1. The molecule has 0 spiro atoms.